The number of nitrogens with one attached hydrogen (secondary N) is 5. The van der Waals surface area contributed by atoms with Crippen molar-refractivity contribution in [1.29, 1.82) is 0 Å². The van der Waals surface area contributed by atoms with Gasteiger partial charge in [0.2, 0.25) is 29.5 Å². The Balaban J connectivity index is 1.95. The van der Waals surface area contributed by atoms with Crippen LogP contribution in [0, 0.1) is 5.92 Å². The van der Waals surface area contributed by atoms with Gasteiger partial charge in [0.15, 0.2) is 0 Å². The zero-order valence-electron chi connectivity index (χ0n) is 32.7. The van der Waals surface area contributed by atoms with Gasteiger partial charge in [0.1, 0.15) is 29.7 Å². The minimum absolute atomic E-state index is 0.0582. The third-order valence-electron chi connectivity index (χ3n) is 10.6. The van der Waals surface area contributed by atoms with Gasteiger partial charge in [-0.3, -0.25) is 24.0 Å². The smallest absolute Gasteiger partial charge is 0.326 e. The lowest BCUT2D eigenvalue weighted by atomic mass is 9.91. The number of hydrogen-bond donors (Lipinski definition) is 9. The Morgan fingerprint density at radius 3 is 2.07 bits per heavy atom. The number of benzene rings is 1. The fourth-order valence-electron chi connectivity index (χ4n) is 7.16. The molecular formula is C40H63BrN8O7. The van der Waals surface area contributed by atoms with Crippen LogP contribution >= 0.6 is 15.9 Å². The molecule has 6 atom stereocenters. The predicted molar refractivity (Wildman–Crippen MR) is 218 cm³/mol. The molecule has 0 aromatic heterocycles. The van der Waals surface area contributed by atoms with Crippen molar-refractivity contribution in [3.05, 3.63) is 46.5 Å². The van der Waals surface area contributed by atoms with E-state index in [0.29, 0.717) is 58.0 Å². The summed E-state index contributed by atoms with van der Waals surface area (Å²) in [6.07, 6.45) is 11.9. The van der Waals surface area contributed by atoms with Crippen LogP contribution in [-0.4, -0.2) is 89.4 Å². The third-order valence-corrected chi connectivity index (χ3v) is 11.2. The molecule has 1 aromatic carbocycles. The lowest BCUT2D eigenvalue weighted by molar-refractivity contribution is -0.143. The van der Waals surface area contributed by atoms with Gasteiger partial charge in [-0.15, -0.1) is 0 Å². The number of carbonyl (C=O) groups is 6. The molecule has 3 rings (SSSR count). The number of rotatable bonds is 17. The van der Waals surface area contributed by atoms with E-state index in [4.69, 9.17) is 17.2 Å². The van der Waals surface area contributed by atoms with Crippen LogP contribution in [0.25, 0.3) is 0 Å². The molecule has 0 saturated heterocycles. The standard InChI is InChI=1S/C40H63BrN8O7/c1-40(39(56)48-32(24-27-17-19-28(41)20-18-27)36(52)47-33(38(54)55)25-26-12-5-6-13-26)21-9-3-2-4-14-29(44)34(50)45-30(15-7-10-22-42)35(51)46-31(37(53)49-40)16-8-11-23-43/h2,4,17-20,26,29-33H,3,5-16,21-25,42-44H2,1H3,(H,45,50)(H,46,51)(H,47,52)(H,48,56)(H,49,53)(H,54,55)/b4-2-/t29?,30-,31-,32-,33-,40?/m0/s1. The summed E-state index contributed by atoms with van der Waals surface area (Å²) in [5.74, 6) is -3.92. The van der Waals surface area contributed by atoms with Gasteiger partial charge in [-0.25, -0.2) is 4.79 Å². The Labute approximate surface area is 339 Å². The predicted octanol–water partition coefficient (Wildman–Crippen LogP) is 2.19. The number of hydrogen-bond acceptors (Lipinski definition) is 9. The number of amides is 5. The van der Waals surface area contributed by atoms with Crippen LogP contribution in [0.4, 0.5) is 0 Å². The lowest BCUT2D eigenvalue weighted by Gasteiger charge is -2.34. The highest BCUT2D eigenvalue weighted by atomic mass is 79.9. The zero-order chi connectivity index (χ0) is 41.1. The Kier molecular flexibility index (Phi) is 20.0. The fourth-order valence-corrected chi connectivity index (χ4v) is 7.43. The molecule has 1 saturated carbocycles. The number of carboxylic acid groups (broad SMARTS) is 1. The highest BCUT2D eigenvalue weighted by molar-refractivity contribution is 9.10. The van der Waals surface area contributed by atoms with E-state index in [-0.39, 0.29) is 38.0 Å². The van der Waals surface area contributed by atoms with Crippen LogP contribution in [0.1, 0.15) is 109 Å². The van der Waals surface area contributed by atoms with Crippen molar-refractivity contribution in [3.63, 3.8) is 0 Å². The first-order chi connectivity index (χ1) is 26.8. The number of nitrogens with two attached hydrogens (primary N) is 3. The molecule has 5 amide bonds. The molecular weight excluding hydrogens is 784 g/mol. The van der Waals surface area contributed by atoms with Gasteiger partial charge in [0.25, 0.3) is 0 Å². The molecule has 2 unspecified atom stereocenters. The quantitative estimate of drug-likeness (QED) is 0.0816. The molecule has 1 aliphatic heterocycles. The van der Waals surface area contributed by atoms with Crippen LogP contribution < -0.4 is 43.8 Å². The van der Waals surface area contributed by atoms with Crippen molar-refractivity contribution in [3.8, 4) is 0 Å². The van der Waals surface area contributed by atoms with Crippen LogP contribution in [0.15, 0.2) is 40.9 Å². The SMILES string of the molecule is CC1(C(=O)N[C@@H](Cc2ccc(Br)cc2)C(=O)N[C@@H](CC2CCCC2)C(=O)O)CCC/C=C\CC(N)C(=O)N[C@@H](CCCCN)C(=O)N[C@@H](CCCCN)C(=O)N1. The minimum atomic E-state index is -1.56. The molecule has 15 nitrogen and oxygen atoms in total. The second kappa shape index (κ2) is 24.0. The summed E-state index contributed by atoms with van der Waals surface area (Å²) in [5.41, 5.74) is 16.8. The average molecular weight is 848 g/mol. The Morgan fingerprint density at radius 2 is 1.46 bits per heavy atom. The minimum Gasteiger partial charge on any atom is -0.480 e. The van der Waals surface area contributed by atoms with Crippen molar-refractivity contribution in [2.45, 2.75) is 145 Å². The number of halogens is 1. The van der Waals surface area contributed by atoms with E-state index in [1.54, 1.807) is 25.1 Å². The van der Waals surface area contributed by atoms with E-state index in [1.165, 1.54) is 0 Å². The normalized spacial score (nSPS) is 24.6. The van der Waals surface area contributed by atoms with Gasteiger partial charge in [-0.05, 0) is 114 Å². The summed E-state index contributed by atoms with van der Waals surface area (Å²) < 4.78 is 0.823. The molecule has 0 spiro atoms. The van der Waals surface area contributed by atoms with E-state index >= 15 is 0 Å². The van der Waals surface area contributed by atoms with Crippen molar-refractivity contribution in [2.75, 3.05) is 13.1 Å². The lowest BCUT2D eigenvalue weighted by Crippen LogP contribution is -2.64. The molecule has 56 heavy (non-hydrogen) atoms. The third kappa shape index (κ3) is 15.6. The highest BCUT2D eigenvalue weighted by Crippen LogP contribution is 2.29. The van der Waals surface area contributed by atoms with E-state index in [1.807, 2.05) is 18.2 Å². The number of unbranched alkanes of at least 4 members (excludes halogenated alkanes) is 2. The van der Waals surface area contributed by atoms with Crippen LogP contribution in [0.5, 0.6) is 0 Å². The summed E-state index contributed by atoms with van der Waals surface area (Å²) in [4.78, 5) is 81.5. The molecule has 1 aromatic rings. The second-order valence-electron chi connectivity index (χ2n) is 15.4. The average Bonchev–Trinajstić information content (AvgIpc) is 3.68. The number of carbonyl (C=O) groups excluding carboxylic acids is 5. The zero-order valence-corrected chi connectivity index (χ0v) is 34.2. The Morgan fingerprint density at radius 1 is 0.857 bits per heavy atom. The maximum atomic E-state index is 14.4. The van der Waals surface area contributed by atoms with Crippen molar-refractivity contribution >= 4 is 51.4 Å². The van der Waals surface area contributed by atoms with Gasteiger partial charge in [0, 0.05) is 10.9 Å². The molecule has 1 heterocycles. The molecule has 312 valence electrons. The van der Waals surface area contributed by atoms with E-state index in [2.05, 4.69) is 42.5 Å². The highest BCUT2D eigenvalue weighted by Gasteiger charge is 2.40. The first kappa shape index (κ1) is 46.5. The summed E-state index contributed by atoms with van der Waals surface area (Å²) in [6, 6.07) is 1.96. The van der Waals surface area contributed by atoms with E-state index in [0.717, 1.165) is 35.7 Å². The van der Waals surface area contributed by atoms with Gasteiger partial charge >= 0.3 is 5.97 Å². The summed E-state index contributed by atoms with van der Waals surface area (Å²) in [5, 5.41) is 24.1. The molecule has 1 fully saturated rings. The topological polar surface area (TPSA) is 261 Å². The van der Waals surface area contributed by atoms with Crippen LogP contribution in [0.2, 0.25) is 0 Å². The van der Waals surface area contributed by atoms with Crippen molar-refractivity contribution in [2.24, 2.45) is 23.1 Å². The largest absolute Gasteiger partial charge is 0.480 e. The molecule has 12 N–H and O–H groups in total. The van der Waals surface area contributed by atoms with Crippen LogP contribution in [-0.2, 0) is 35.2 Å². The van der Waals surface area contributed by atoms with Crippen molar-refractivity contribution in [1.82, 2.24) is 26.6 Å². The molecule has 0 radical (unpaired) electrons. The monoisotopic (exact) mass is 846 g/mol. The maximum Gasteiger partial charge on any atom is 0.326 e. The Hall–Kier alpha value is -3.86. The van der Waals surface area contributed by atoms with E-state index < -0.39 is 71.3 Å². The van der Waals surface area contributed by atoms with Gasteiger partial charge in [-0.2, -0.15) is 0 Å². The number of allylic oxidation sites excluding steroid dienone is 1. The summed E-state index contributed by atoms with van der Waals surface area (Å²) >= 11 is 3.42. The number of carboxylic acids is 1. The molecule has 1 aliphatic carbocycles. The van der Waals surface area contributed by atoms with Gasteiger partial charge in [0.05, 0.1) is 6.04 Å². The van der Waals surface area contributed by atoms with E-state index in [9.17, 15) is 33.9 Å². The first-order valence-electron chi connectivity index (χ1n) is 20.1. The maximum absolute atomic E-state index is 14.4. The van der Waals surface area contributed by atoms with Crippen LogP contribution in [0.3, 0.4) is 0 Å². The number of aliphatic carboxylic acids is 1. The molecule has 2 aliphatic rings. The molecule has 16 heteroatoms. The first-order valence-corrected chi connectivity index (χ1v) is 20.9. The van der Waals surface area contributed by atoms with Crippen molar-refractivity contribution < 1.29 is 33.9 Å². The molecule has 0 bridgehead atoms. The summed E-state index contributed by atoms with van der Waals surface area (Å²) in [6.45, 7) is 2.35. The van der Waals surface area contributed by atoms with Gasteiger partial charge in [-0.1, -0.05) is 65.9 Å². The fraction of sp³-hybridized carbons (Fsp3) is 0.650. The van der Waals surface area contributed by atoms with Gasteiger partial charge < -0.3 is 48.9 Å². The summed E-state index contributed by atoms with van der Waals surface area (Å²) in [7, 11) is 0. The second-order valence-corrected chi connectivity index (χ2v) is 16.3. The Bertz CT molecular complexity index is 1490.